The highest BCUT2D eigenvalue weighted by molar-refractivity contribution is 7.89. The van der Waals surface area contributed by atoms with Crippen LogP contribution in [-0.2, 0) is 16.2 Å². The fourth-order valence-corrected chi connectivity index (χ4v) is 4.43. The van der Waals surface area contributed by atoms with E-state index < -0.39 is 26.7 Å². The molecule has 124 valence electrons. The van der Waals surface area contributed by atoms with E-state index >= 15 is 0 Å². The van der Waals surface area contributed by atoms with Crippen LogP contribution < -0.4 is 5.73 Å². The summed E-state index contributed by atoms with van der Waals surface area (Å²) in [5.74, 6) is -0.0402. The minimum absolute atomic E-state index is 0.0402. The van der Waals surface area contributed by atoms with Gasteiger partial charge in [0.2, 0.25) is 10.0 Å². The van der Waals surface area contributed by atoms with Crippen molar-refractivity contribution in [1.82, 2.24) is 4.31 Å². The molecule has 1 aliphatic heterocycles. The molecular formula is C14H19F3N2O2S. The third kappa shape index (κ3) is 3.44. The maximum atomic E-state index is 13.0. The van der Waals surface area contributed by atoms with E-state index in [-0.39, 0.29) is 25.0 Å². The zero-order valence-corrected chi connectivity index (χ0v) is 13.0. The van der Waals surface area contributed by atoms with Crippen molar-refractivity contribution in [3.05, 3.63) is 29.8 Å². The molecule has 0 aliphatic carbocycles. The highest BCUT2D eigenvalue weighted by Gasteiger charge is 2.40. The third-order valence-corrected chi connectivity index (χ3v) is 5.90. The van der Waals surface area contributed by atoms with Crippen LogP contribution in [0.15, 0.2) is 29.2 Å². The van der Waals surface area contributed by atoms with E-state index in [1.807, 2.05) is 0 Å². The van der Waals surface area contributed by atoms with Crippen LogP contribution >= 0.6 is 0 Å². The molecule has 2 atom stereocenters. The molecule has 1 aromatic carbocycles. The molecule has 4 nitrogen and oxygen atoms in total. The van der Waals surface area contributed by atoms with Gasteiger partial charge in [0, 0.05) is 19.1 Å². The van der Waals surface area contributed by atoms with Crippen LogP contribution in [0, 0.1) is 5.92 Å². The first kappa shape index (κ1) is 17.2. The Bertz CT molecular complexity index is 629. The quantitative estimate of drug-likeness (QED) is 0.922. The number of hydrogen-bond donors (Lipinski definition) is 1. The summed E-state index contributed by atoms with van der Waals surface area (Å²) in [5, 5.41) is 0. The minimum Gasteiger partial charge on any atom is -0.328 e. The van der Waals surface area contributed by atoms with Gasteiger partial charge in [0.1, 0.15) is 0 Å². The number of sulfonamides is 1. The Hall–Kier alpha value is -1.12. The number of piperidine rings is 1. The maximum Gasteiger partial charge on any atom is 0.417 e. The van der Waals surface area contributed by atoms with Gasteiger partial charge in [0.25, 0.3) is 0 Å². The van der Waals surface area contributed by atoms with E-state index in [1.54, 1.807) is 6.92 Å². The van der Waals surface area contributed by atoms with Crippen molar-refractivity contribution in [3.63, 3.8) is 0 Å². The molecule has 0 unspecified atom stereocenters. The second-order valence-electron chi connectivity index (χ2n) is 5.62. The first-order chi connectivity index (χ1) is 10.1. The van der Waals surface area contributed by atoms with Crippen LogP contribution in [0.3, 0.4) is 0 Å². The summed E-state index contributed by atoms with van der Waals surface area (Å²) in [4.78, 5) is -0.687. The van der Waals surface area contributed by atoms with Gasteiger partial charge in [0.15, 0.2) is 0 Å². The molecule has 1 aliphatic rings. The number of nitrogens with zero attached hydrogens (tertiary/aromatic N) is 1. The number of nitrogens with two attached hydrogens (primary N) is 1. The standard InChI is InChI=1S/C14H19F3N2O2S/c1-10(18)11-5-4-8-19(9-11)22(20,21)13-7-3-2-6-12(13)14(15,16)17/h2-3,6-7,10-11H,4-5,8-9,18H2,1H3/t10-,11+/m0/s1. The van der Waals surface area contributed by atoms with Crippen LogP contribution in [0.4, 0.5) is 13.2 Å². The van der Waals surface area contributed by atoms with Crippen molar-refractivity contribution in [3.8, 4) is 0 Å². The van der Waals surface area contributed by atoms with Crippen molar-refractivity contribution < 1.29 is 21.6 Å². The van der Waals surface area contributed by atoms with Crippen LogP contribution in [0.2, 0.25) is 0 Å². The largest absolute Gasteiger partial charge is 0.417 e. The van der Waals surface area contributed by atoms with Crippen molar-refractivity contribution >= 4 is 10.0 Å². The predicted octanol–water partition coefficient (Wildman–Crippen LogP) is 2.45. The summed E-state index contributed by atoms with van der Waals surface area (Å²) in [6.45, 7) is 2.16. The van der Waals surface area contributed by atoms with Crippen molar-refractivity contribution in [2.45, 2.75) is 36.9 Å². The Morgan fingerprint density at radius 3 is 2.55 bits per heavy atom. The van der Waals surface area contributed by atoms with E-state index in [4.69, 9.17) is 5.73 Å². The van der Waals surface area contributed by atoms with Crippen molar-refractivity contribution in [1.29, 1.82) is 0 Å². The van der Waals surface area contributed by atoms with Crippen molar-refractivity contribution in [2.75, 3.05) is 13.1 Å². The average molecular weight is 336 g/mol. The lowest BCUT2D eigenvalue weighted by Gasteiger charge is -2.34. The molecule has 1 aromatic rings. The fraction of sp³-hybridized carbons (Fsp3) is 0.571. The Morgan fingerprint density at radius 1 is 1.32 bits per heavy atom. The zero-order chi connectivity index (χ0) is 16.5. The molecule has 1 saturated heterocycles. The van der Waals surface area contributed by atoms with Crippen LogP contribution in [0.5, 0.6) is 0 Å². The summed E-state index contributed by atoms with van der Waals surface area (Å²) in [7, 11) is -4.18. The molecule has 0 bridgehead atoms. The van der Waals surface area contributed by atoms with Gasteiger partial charge in [0.05, 0.1) is 10.5 Å². The monoisotopic (exact) mass is 336 g/mol. The summed E-state index contributed by atoms with van der Waals surface area (Å²) < 4.78 is 65.5. The number of benzene rings is 1. The first-order valence-electron chi connectivity index (χ1n) is 7.06. The number of halogens is 3. The second-order valence-corrected chi connectivity index (χ2v) is 7.52. The normalized spacial score (nSPS) is 22.5. The first-order valence-corrected chi connectivity index (χ1v) is 8.50. The summed E-state index contributed by atoms with van der Waals surface area (Å²) in [5.41, 5.74) is 4.68. The molecule has 0 spiro atoms. The molecule has 2 N–H and O–H groups in total. The summed E-state index contributed by atoms with van der Waals surface area (Å²) >= 11 is 0. The molecule has 8 heteroatoms. The number of hydrogen-bond acceptors (Lipinski definition) is 3. The smallest absolute Gasteiger partial charge is 0.328 e. The SMILES string of the molecule is C[C@H](N)[C@@H]1CCCN(S(=O)(=O)c2ccccc2C(F)(F)F)C1. The van der Waals surface area contributed by atoms with E-state index in [1.165, 1.54) is 12.1 Å². The van der Waals surface area contributed by atoms with E-state index in [2.05, 4.69) is 0 Å². The molecule has 1 heterocycles. The van der Waals surface area contributed by atoms with Gasteiger partial charge in [-0.2, -0.15) is 17.5 Å². The zero-order valence-electron chi connectivity index (χ0n) is 12.2. The van der Waals surface area contributed by atoms with Gasteiger partial charge in [-0.25, -0.2) is 8.42 Å². The fourth-order valence-electron chi connectivity index (χ4n) is 2.69. The van der Waals surface area contributed by atoms with E-state index in [0.717, 1.165) is 22.9 Å². The van der Waals surface area contributed by atoms with Crippen LogP contribution in [0.1, 0.15) is 25.3 Å². The van der Waals surface area contributed by atoms with Gasteiger partial charge in [-0.15, -0.1) is 0 Å². The van der Waals surface area contributed by atoms with E-state index in [0.29, 0.717) is 6.42 Å². The average Bonchev–Trinajstić information content (AvgIpc) is 2.46. The van der Waals surface area contributed by atoms with Gasteiger partial charge < -0.3 is 5.73 Å². The van der Waals surface area contributed by atoms with Crippen LogP contribution in [0.25, 0.3) is 0 Å². The second kappa shape index (κ2) is 6.17. The third-order valence-electron chi connectivity index (χ3n) is 3.97. The molecule has 22 heavy (non-hydrogen) atoms. The van der Waals surface area contributed by atoms with Gasteiger partial charge in [-0.05, 0) is 37.8 Å². The molecule has 2 rings (SSSR count). The summed E-state index contributed by atoms with van der Waals surface area (Å²) in [6, 6.07) is 4.08. The molecule has 1 fully saturated rings. The Labute approximate surface area is 128 Å². The Morgan fingerprint density at radius 2 is 1.95 bits per heavy atom. The van der Waals surface area contributed by atoms with Crippen LogP contribution in [-0.4, -0.2) is 31.9 Å². The molecular weight excluding hydrogens is 317 g/mol. The summed E-state index contributed by atoms with van der Waals surface area (Å²) in [6.07, 6.45) is -3.33. The van der Waals surface area contributed by atoms with Gasteiger partial charge in [-0.1, -0.05) is 12.1 Å². The molecule has 0 radical (unpaired) electrons. The number of alkyl halides is 3. The van der Waals surface area contributed by atoms with Gasteiger partial charge in [-0.3, -0.25) is 0 Å². The highest BCUT2D eigenvalue weighted by atomic mass is 32.2. The lowest BCUT2D eigenvalue weighted by atomic mass is 9.93. The molecule has 0 amide bonds. The number of rotatable bonds is 3. The predicted molar refractivity (Wildman–Crippen MR) is 76.6 cm³/mol. The van der Waals surface area contributed by atoms with E-state index in [9.17, 15) is 21.6 Å². The molecule has 0 aromatic heterocycles. The Kier molecular flexibility index (Phi) is 4.84. The lowest BCUT2D eigenvalue weighted by Crippen LogP contribution is -2.45. The molecule has 0 saturated carbocycles. The Balaban J connectivity index is 2.39. The highest BCUT2D eigenvalue weighted by Crippen LogP contribution is 2.36. The minimum atomic E-state index is -4.71. The maximum absolute atomic E-state index is 13.0. The lowest BCUT2D eigenvalue weighted by molar-refractivity contribution is -0.139. The van der Waals surface area contributed by atoms with Gasteiger partial charge >= 0.3 is 6.18 Å². The topological polar surface area (TPSA) is 63.4 Å². The van der Waals surface area contributed by atoms with Crippen molar-refractivity contribution in [2.24, 2.45) is 11.7 Å².